The zero-order valence-corrected chi connectivity index (χ0v) is 17.7. The van der Waals surface area contributed by atoms with E-state index in [-0.39, 0.29) is 17.7 Å². The number of alkyl halides is 3. The van der Waals surface area contributed by atoms with Gasteiger partial charge in [0.2, 0.25) is 11.8 Å². The highest BCUT2D eigenvalue weighted by Crippen LogP contribution is 2.32. The second-order valence-electron chi connectivity index (χ2n) is 7.92. The summed E-state index contributed by atoms with van der Waals surface area (Å²) in [5.41, 5.74) is 0.823. The third-order valence-electron chi connectivity index (χ3n) is 5.66. The Kier molecular flexibility index (Phi) is 5.56. The van der Waals surface area contributed by atoms with Crippen LogP contribution < -0.4 is 0 Å². The lowest BCUT2D eigenvalue weighted by molar-refractivity contribution is -0.137. The molecule has 0 saturated carbocycles. The Balaban J connectivity index is 1.30. The summed E-state index contributed by atoms with van der Waals surface area (Å²) in [6.07, 6.45) is -1.46. The first-order chi connectivity index (χ1) is 16.4. The molecule has 1 atom stereocenters. The van der Waals surface area contributed by atoms with Crippen molar-refractivity contribution >= 4 is 5.91 Å². The second-order valence-corrected chi connectivity index (χ2v) is 7.92. The number of halogens is 3. The van der Waals surface area contributed by atoms with E-state index in [1.807, 2.05) is 0 Å². The summed E-state index contributed by atoms with van der Waals surface area (Å²) in [5, 5.41) is 19.2. The molecule has 5 rings (SSSR count). The molecule has 0 spiro atoms. The fraction of sp³-hybridized carbons (Fsp3) is 0.273. The number of carbonyl (C=O) groups is 1. The van der Waals surface area contributed by atoms with Crippen LogP contribution in [0.25, 0.3) is 17.1 Å². The smallest absolute Gasteiger partial charge is 0.416 e. The van der Waals surface area contributed by atoms with E-state index in [4.69, 9.17) is 4.42 Å². The molecule has 1 aliphatic rings. The molecule has 3 heterocycles. The van der Waals surface area contributed by atoms with Crippen LogP contribution in [0.15, 0.2) is 59.3 Å². The van der Waals surface area contributed by atoms with Crippen LogP contribution in [-0.4, -0.2) is 54.3 Å². The molecule has 174 valence electrons. The first-order valence-corrected chi connectivity index (χ1v) is 10.5. The van der Waals surface area contributed by atoms with Crippen LogP contribution in [0.4, 0.5) is 13.2 Å². The molecule has 12 heteroatoms. The average molecular weight is 469 g/mol. The Morgan fingerprint density at radius 2 is 1.91 bits per heavy atom. The number of benzene rings is 2. The largest absolute Gasteiger partial charge is 0.420 e. The molecule has 0 N–H and O–H groups in total. The van der Waals surface area contributed by atoms with Crippen molar-refractivity contribution in [3.8, 4) is 17.1 Å². The van der Waals surface area contributed by atoms with Gasteiger partial charge in [0.1, 0.15) is 6.33 Å². The van der Waals surface area contributed by atoms with Crippen LogP contribution in [0.1, 0.15) is 40.6 Å². The van der Waals surface area contributed by atoms with Gasteiger partial charge in [-0.25, -0.2) is 4.68 Å². The molecule has 1 aliphatic heterocycles. The van der Waals surface area contributed by atoms with E-state index in [9.17, 15) is 18.0 Å². The van der Waals surface area contributed by atoms with E-state index in [0.29, 0.717) is 35.8 Å². The Morgan fingerprint density at radius 3 is 2.65 bits per heavy atom. The summed E-state index contributed by atoms with van der Waals surface area (Å²) in [4.78, 5) is 14.9. The highest BCUT2D eigenvalue weighted by molar-refractivity contribution is 5.94. The zero-order valence-electron chi connectivity index (χ0n) is 17.7. The van der Waals surface area contributed by atoms with Crippen LogP contribution in [0, 0.1) is 0 Å². The summed E-state index contributed by atoms with van der Waals surface area (Å²) < 4.78 is 45.6. The number of rotatable bonds is 4. The molecule has 1 unspecified atom stereocenters. The number of hydrogen-bond donors (Lipinski definition) is 0. The third-order valence-corrected chi connectivity index (χ3v) is 5.66. The van der Waals surface area contributed by atoms with Gasteiger partial charge in [0.15, 0.2) is 0 Å². The summed E-state index contributed by atoms with van der Waals surface area (Å²) in [6.45, 7) is 0.979. The topological polar surface area (TPSA) is 103 Å². The van der Waals surface area contributed by atoms with Gasteiger partial charge in [-0.2, -0.15) is 13.2 Å². The number of carbonyl (C=O) groups excluding carboxylic acids is 1. The third kappa shape index (κ3) is 4.38. The molecule has 0 bridgehead atoms. The molecule has 1 amide bonds. The molecule has 34 heavy (non-hydrogen) atoms. The van der Waals surface area contributed by atoms with Gasteiger partial charge in [-0.15, -0.1) is 15.3 Å². The van der Waals surface area contributed by atoms with Crippen molar-refractivity contribution in [2.75, 3.05) is 13.1 Å². The molecule has 2 aromatic carbocycles. The van der Waals surface area contributed by atoms with E-state index in [1.165, 1.54) is 23.1 Å². The molecule has 9 nitrogen and oxygen atoms in total. The van der Waals surface area contributed by atoms with Crippen LogP contribution in [0.2, 0.25) is 0 Å². The SMILES string of the molecule is O=C(c1cccc(-n2cnnn2)c1)N1CCCC(c2nnc(-c3ccc(C(F)(F)F)cc3)o2)C1. The van der Waals surface area contributed by atoms with Crippen LogP contribution >= 0.6 is 0 Å². The van der Waals surface area contributed by atoms with E-state index in [1.54, 1.807) is 29.2 Å². The van der Waals surface area contributed by atoms with E-state index >= 15 is 0 Å². The number of nitrogens with zero attached hydrogens (tertiary/aromatic N) is 7. The fourth-order valence-corrected chi connectivity index (χ4v) is 3.92. The quantitative estimate of drug-likeness (QED) is 0.448. The lowest BCUT2D eigenvalue weighted by Gasteiger charge is -2.31. The van der Waals surface area contributed by atoms with Gasteiger partial charge >= 0.3 is 6.18 Å². The predicted molar refractivity (Wildman–Crippen MR) is 112 cm³/mol. The van der Waals surface area contributed by atoms with Crippen molar-refractivity contribution < 1.29 is 22.4 Å². The number of amides is 1. The van der Waals surface area contributed by atoms with Crippen LogP contribution in [0.3, 0.4) is 0 Å². The van der Waals surface area contributed by atoms with Crippen molar-refractivity contribution in [1.29, 1.82) is 0 Å². The maximum Gasteiger partial charge on any atom is 0.416 e. The molecule has 1 fully saturated rings. The second kappa shape index (κ2) is 8.69. The Morgan fingerprint density at radius 1 is 1.09 bits per heavy atom. The summed E-state index contributed by atoms with van der Waals surface area (Å²) in [7, 11) is 0. The van der Waals surface area contributed by atoms with Crippen molar-refractivity contribution in [3.63, 3.8) is 0 Å². The van der Waals surface area contributed by atoms with Gasteiger partial charge in [-0.05, 0) is 65.7 Å². The standard InChI is InChI=1S/C22H18F3N7O2/c23-22(24,25)17-8-6-14(7-9-17)19-27-28-20(34-19)16-4-2-10-31(12-16)21(33)15-3-1-5-18(11-15)32-13-26-29-30-32/h1,3,5-9,11,13,16H,2,4,10,12H2. The Hall–Kier alpha value is -4.09. The van der Waals surface area contributed by atoms with Crippen molar-refractivity contribution in [2.45, 2.75) is 24.9 Å². The van der Waals surface area contributed by atoms with Crippen LogP contribution in [-0.2, 0) is 6.18 Å². The Labute approximate surface area is 191 Å². The minimum Gasteiger partial charge on any atom is -0.420 e. The molecule has 2 aromatic heterocycles. The van der Waals surface area contributed by atoms with Gasteiger partial charge in [0.25, 0.3) is 5.91 Å². The summed E-state index contributed by atoms with van der Waals surface area (Å²) in [6, 6.07) is 11.6. The predicted octanol–water partition coefficient (Wildman–Crippen LogP) is 3.75. The maximum absolute atomic E-state index is 13.1. The fourth-order valence-electron chi connectivity index (χ4n) is 3.92. The van der Waals surface area contributed by atoms with E-state index in [0.717, 1.165) is 25.0 Å². The van der Waals surface area contributed by atoms with Gasteiger partial charge in [-0.3, -0.25) is 4.79 Å². The maximum atomic E-state index is 13.1. The number of hydrogen-bond acceptors (Lipinski definition) is 7. The summed E-state index contributed by atoms with van der Waals surface area (Å²) >= 11 is 0. The minimum atomic E-state index is -4.41. The van der Waals surface area contributed by atoms with E-state index < -0.39 is 11.7 Å². The molecule has 1 saturated heterocycles. The first-order valence-electron chi connectivity index (χ1n) is 10.5. The van der Waals surface area contributed by atoms with Crippen LogP contribution in [0.5, 0.6) is 0 Å². The van der Waals surface area contributed by atoms with Gasteiger partial charge < -0.3 is 9.32 Å². The first kappa shape index (κ1) is 21.7. The van der Waals surface area contributed by atoms with Crippen molar-refractivity contribution in [1.82, 2.24) is 35.3 Å². The molecule has 4 aromatic rings. The molecule has 0 aliphatic carbocycles. The highest BCUT2D eigenvalue weighted by Gasteiger charge is 2.31. The average Bonchev–Trinajstić information content (AvgIpc) is 3.56. The summed E-state index contributed by atoms with van der Waals surface area (Å²) in [5.74, 6) is 0.189. The Bertz CT molecular complexity index is 1290. The van der Waals surface area contributed by atoms with Crippen molar-refractivity contribution in [2.24, 2.45) is 0 Å². The lowest BCUT2D eigenvalue weighted by Crippen LogP contribution is -2.39. The monoisotopic (exact) mass is 469 g/mol. The number of likely N-dealkylation sites (tertiary alicyclic amines) is 1. The van der Waals surface area contributed by atoms with Gasteiger partial charge in [-0.1, -0.05) is 6.07 Å². The molecular formula is C22H18F3N7O2. The zero-order chi connectivity index (χ0) is 23.7. The number of tetrazole rings is 1. The van der Waals surface area contributed by atoms with Gasteiger partial charge in [0.05, 0.1) is 17.2 Å². The number of piperidine rings is 1. The lowest BCUT2D eigenvalue weighted by atomic mass is 9.97. The van der Waals surface area contributed by atoms with Gasteiger partial charge in [0, 0.05) is 24.2 Å². The molecule has 0 radical (unpaired) electrons. The highest BCUT2D eigenvalue weighted by atomic mass is 19.4. The normalized spacial score (nSPS) is 16.6. The molecular weight excluding hydrogens is 451 g/mol. The van der Waals surface area contributed by atoms with Crippen molar-refractivity contribution in [3.05, 3.63) is 71.9 Å². The minimum absolute atomic E-state index is 0.137. The number of aromatic nitrogens is 6. The van der Waals surface area contributed by atoms with E-state index in [2.05, 4.69) is 25.7 Å².